The molecule has 0 saturated heterocycles. The monoisotopic (exact) mass is 407 g/mol. The van der Waals surface area contributed by atoms with Gasteiger partial charge in [0.2, 0.25) is 5.91 Å². The predicted molar refractivity (Wildman–Crippen MR) is 113 cm³/mol. The van der Waals surface area contributed by atoms with E-state index in [1.54, 1.807) is 12.4 Å². The van der Waals surface area contributed by atoms with Gasteiger partial charge in [0, 0.05) is 37.3 Å². The van der Waals surface area contributed by atoms with E-state index in [-0.39, 0.29) is 36.1 Å². The lowest BCUT2D eigenvalue weighted by molar-refractivity contribution is -0.121. The summed E-state index contributed by atoms with van der Waals surface area (Å²) >= 11 is 0. The molecule has 8 nitrogen and oxygen atoms in total. The first kappa shape index (κ1) is 21.2. The molecule has 2 N–H and O–H groups in total. The van der Waals surface area contributed by atoms with Gasteiger partial charge in [-0.15, -0.1) is 10.2 Å². The summed E-state index contributed by atoms with van der Waals surface area (Å²) in [6.07, 6.45) is 4.79. The van der Waals surface area contributed by atoms with Crippen LogP contribution in [0.1, 0.15) is 37.9 Å². The average Bonchev–Trinajstić information content (AvgIpc) is 2.78. The van der Waals surface area contributed by atoms with Gasteiger partial charge in [0.05, 0.1) is 6.10 Å². The third-order valence-corrected chi connectivity index (χ3v) is 4.61. The molecular weight excluding hydrogens is 382 g/mol. The number of pyridine rings is 1. The number of ether oxygens (including phenoxy) is 1. The Balaban J connectivity index is 1.56. The zero-order valence-corrected chi connectivity index (χ0v) is 17.1. The summed E-state index contributed by atoms with van der Waals surface area (Å²) in [5.74, 6) is 0.971. The molecule has 0 bridgehead atoms. The Kier molecular flexibility index (Phi) is 7.26. The van der Waals surface area contributed by atoms with Crippen LogP contribution in [0, 0.1) is 0 Å². The Bertz CT molecular complexity index is 1020. The minimum Gasteiger partial charge on any atom is -0.491 e. The van der Waals surface area contributed by atoms with E-state index in [1.807, 2.05) is 43.3 Å². The summed E-state index contributed by atoms with van der Waals surface area (Å²) < 4.78 is 5.75. The Morgan fingerprint density at radius 1 is 1.20 bits per heavy atom. The van der Waals surface area contributed by atoms with E-state index in [0.717, 1.165) is 23.3 Å². The second-order valence-electron chi connectivity index (χ2n) is 6.95. The van der Waals surface area contributed by atoms with Gasteiger partial charge in [0.25, 0.3) is 5.56 Å². The van der Waals surface area contributed by atoms with Crippen molar-refractivity contribution in [2.75, 3.05) is 0 Å². The van der Waals surface area contributed by atoms with Crippen LogP contribution in [0.4, 0.5) is 0 Å². The van der Waals surface area contributed by atoms with Crippen LogP contribution in [-0.4, -0.2) is 32.2 Å². The lowest BCUT2D eigenvalue weighted by Gasteiger charge is -2.12. The number of aromatic amines is 1. The Hall–Kier alpha value is -3.55. The SMILES string of the molecule is CCC(C)Oc1ccc(-c2nnc(CCC(=O)NCc3cccnc3)c(=O)[nH]2)cc1. The van der Waals surface area contributed by atoms with Crippen LogP contribution >= 0.6 is 0 Å². The number of benzene rings is 1. The molecule has 156 valence electrons. The molecule has 1 amide bonds. The maximum atomic E-state index is 12.3. The molecule has 1 unspecified atom stereocenters. The molecular formula is C22H25N5O3. The largest absolute Gasteiger partial charge is 0.491 e. The fourth-order valence-corrected chi connectivity index (χ4v) is 2.68. The predicted octanol–water partition coefficient (Wildman–Crippen LogP) is 2.65. The van der Waals surface area contributed by atoms with E-state index in [1.165, 1.54) is 0 Å². The zero-order chi connectivity index (χ0) is 21.3. The number of aryl methyl sites for hydroxylation is 1. The summed E-state index contributed by atoms with van der Waals surface area (Å²) in [5, 5.41) is 10.9. The maximum Gasteiger partial charge on any atom is 0.273 e. The number of hydrogen-bond acceptors (Lipinski definition) is 6. The molecule has 3 aromatic rings. The molecule has 0 spiro atoms. The summed E-state index contributed by atoms with van der Waals surface area (Å²) in [4.78, 5) is 31.1. The second kappa shape index (κ2) is 10.3. The molecule has 0 aliphatic heterocycles. The van der Waals surface area contributed by atoms with Gasteiger partial charge in [-0.3, -0.25) is 14.6 Å². The number of amides is 1. The standard InChI is InChI=1S/C22H25N5O3/c1-3-15(2)30-18-8-6-17(7-9-18)21-25-22(29)19(26-27-21)10-11-20(28)24-14-16-5-4-12-23-13-16/h4-9,12-13,15H,3,10-11,14H2,1-2H3,(H,24,28)(H,25,27,29). The number of hydrogen-bond donors (Lipinski definition) is 2. The highest BCUT2D eigenvalue weighted by molar-refractivity contribution is 5.76. The number of rotatable bonds is 9. The smallest absolute Gasteiger partial charge is 0.273 e. The van der Waals surface area contributed by atoms with Gasteiger partial charge in [-0.05, 0) is 49.2 Å². The highest BCUT2D eigenvalue weighted by Gasteiger charge is 2.10. The first-order chi connectivity index (χ1) is 14.5. The second-order valence-corrected chi connectivity index (χ2v) is 6.95. The van der Waals surface area contributed by atoms with Crippen LogP contribution in [-0.2, 0) is 17.8 Å². The summed E-state index contributed by atoms with van der Waals surface area (Å²) in [6.45, 7) is 4.46. The van der Waals surface area contributed by atoms with Gasteiger partial charge < -0.3 is 15.0 Å². The molecule has 0 radical (unpaired) electrons. The third-order valence-electron chi connectivity index (χ3n) is 4.61. The molecule has 1 aromatic carbocycles. The summed E-state index contributed by atoms with van der Waals surface area (Å²) in [7, 11) is 0. The van der Waals surface area contributed by atoms with Crippen molar-refractivity contribution < 1.29 is 9.53 Å². The molecule has 0 saturated carbocycles. The quantitative estimate of drug-likeness (QED) is 0.564. The van der Waals surface area contributed by atoms with Gasteiger partial charge in [-0.2, -0.15) is 0 Å². The van der Waals surface area contributed by atoms with Crippen molar-refractivity contribution in [1.82, 2.24) is 25.5 Å². The molecule has 1 atom stereocenters. The zero-order valence-electron chi connectivity index (χ0n) is 17.1. The van der Waals surface area contributed by atoms with Gasteiger partial charge in [-0.25, -0.2) is 0 Å². The number of carbonyl (C=O) groups excluding carboxylic acids is 1. The van der Waals surface area contributed by atoms with E-state index in [2.05, 4.69) is 32.4 Å². The topological polar surface area (TPSA) is 110 Å². The fraction of sp³-hybridized carbons (Fsp3) is 0.318. The number of carbonyl (C=O) groups is 1. The van der Waals surface area contributed by atoms with Crippen molar-refractivity contribution in [2.24, 2.45) is 0 Å². The molecule has 0 aliphatic carbocycles. The average molecular weight is 407 g/mol. The minimum atomic E-state index is -0.347. The molecule has 0 fully saturated rings. The van der Waals surface area contributed by atoms with Crippen LogP contribution in [0.5, 0.6) is 5.75 Å². The molecule has 30 heavy (non-hydrogen) atoms. The van der Waals surface area contributed by atoms with Crippen molar-refractivity contribution in [2.45, 2.75) is 45.8 Å². The van der Waals surface area contributed by atoms with Gasteiger partial charge in [0.1, 0.15) is 11.4 Å². The van der Waals surface area contributed by atoms with Crippen molar-refractivity contribution in [3.63, 3.8) is 0 Å². The van der Waals surface area contributed by atoms with Crippen LogP contribution in [0.2, 0.25) is 0 Å². The van der Waals surface area contributed by atoms with Crippen LogP contribution in [0.15, 0.2) is 53.6 Å². The first-order valence-electron chi connectivity index (χ1n) is 9.93. The van der Waals surface area contributed by atoms with E-state index in [4.69, 9.17) is 4.74 Å². The van der Waals surface area contributed by atoms with Crippen LogP contribution < -0.4 is 15.6 Å². The molecule has 3 rings (SSSR count). The number of H-pyrrole nitrogens is 1. The highest BCUT2D eigenvalue weighted by Crippen LogP contribution is 2.19. The minimum absolute atomic E-state index is 0.135. The molecule has 8 heteroatoms. The van der Waals surface area contributed by atoms with E-state index in [0.29, 0.717) is 12.4 Å². The van der Waals surface area contributed by atoms with Crippen molar-refractivity contribution in [1.29, 1.82) is 0 Å². The van der Waals surface area contributed by atoms with Gasteiger partial charge >= 0.3 is 0 Å². The van der Waals surface area contributed by atoms with E-state index in [9.17, 15) is 9.59 Å². The van der Waals surface area contributed by atoms with Crippen molar-refractivity contribution >= 4 is 5.91 Å². The van der Waals surface area contributed by atoms with E-state index >= 15 is 0 Å². The Labute approximate surface area is 174 Å². The van der Waals surface area contributed by atoms with E-state index < -0.39 is 0 Å². The summed E-state index contributed by atoms with van der Waals surface area (Å²) in [5.41, 5.74) is 1.53. The molecule has 2 aromatic heterocycles. The third kappa shape index (κ3) is 5.97. The van der Waals surface area contributed by atoms with Gasteiger partial charge in [-0.1, -0.05) is 13.0 Å². The summed E-state index contributed by atoms with van der Waals surface area (Å²) in [6, 6.07) is 11.0. The van der Waals surface area contributed by atoms with Crippen molar-refractivity contribution in [3.8, 4) is 17.1 Å². The number of nitrogens with zero attached hydrogens (tertiary/aromatic N) is 3. The number of aromatic nitrogens is 4. The normalized spacial score (nSPS) is 11.7. The number of nitrogens with one attached hydrogen (secondary N) is 2. The lowest BCUT2D eigenvalue weighted by Crippen LogP contribution is -2.25. The van der Waals surface area contributed by atoms with Crippen LogP contribution in [0.3, 0.4) is 0 Å². The molecule has 0 aliphatic rings. The maximum absolute atomic E-state index is 12.3. The first-order valence-corrected chi connectivity index (χ1v) is 9.93. The van der Waals surface area contributed by atoms with Crippen molar-refractivity contribution in [3.05, 3.63) is 70.4 Å². The lowest BCUT2D eigenvalue weighted by atomic mass is 10.2. The molecule has 2 heterocycles. The Morgan fingerprint density at radius 3 is 2.67 bits per heavy atom. The van der Waals surface area contributed by atoms with Gasteiger partial charge in [0.15, 0.2) is 5.82 Å². The highest BCUT2D eigenvalue weighted by atomic mass is 16.5. The van der Waals surface area contributed by atoms with Crippen LogP contribution in [0.25, 0.3) is 11.4 Å². The fourth-order valence-electron chi connectivity index (χ4n) is 2.68. The Morgan fingerprint density at radius 2 is 2.00 bits per heavy atom.